The normalized spacial score (nSPS) is 21.1. The highest BCUT2D eigenvalue weighted by molar-refractivity contribution is 6.18. The van der Waals surface area contributed by atoms with E-state index in [1.54, 1.807) is 30.3 Å². The van der Waals surface area contributed by atoms with Crippen molar-refractivity contribution >= 4 is 29.1 Å². The third kappa shape index (κ3) is 2.44. The van der Waals surface area contributed by atoms with Crippen LogP contribution in [-0.4, -0.2) is 34.8 Å². The number of nitrogens with one attached hydrogen (secondary N) is 1. The molecule has 3 amide bonds. The molecule has 6 heteroatoms. The van der Waals surface area contributed by atoms with Gasteiger partial charge in [-0.25, -0.2) is 0 Å². The van der Waals surface area contributed by atoms with E-state index >= 15 is 0 Å². The largest absolute Gasteiger partial charge is 0.322 e. The van der Waals surface area contributed by atoms with E-state index in [9.17, 15) is 14.4 Å². The molecule has 0 saturated carbocycles. The van der Waals surface area contributed by atoms with Crippen molar-refractivity contribution < 1.29 is 14.4 Å². The minimum absolute atomic E-state index is 0.146. The van der Waals surface area contributed by atoms with Gasteiger partial charge >= 0.3 is 0 Å². The molecule has 138 valence electrons. The third-order valence-corrected chi connectivity index (χ3v) is 5.33. The molecule has 6 nitrogen and oxygen atoms in total. The maximum Gasteiger partial charge on any atom is 0.271 e. The zero-order chi connectivity index (χ0) is 19.2. The molecule has 4 rings (SSSR count). The first-order chi connectivity index (χ1) is 13.0. The molecule has 0 radical (unpaired) electrons. The second kappa shape index (κ2) is 6.23. The lowest BCUT2D eigenvalue weighted by Gasteiger charge is -2.48. The second-order valence-corrected chi connectivity index (χ2v) is 6.94. The Morgan fingerprint density at radius 2 is 1.93 bits per heavy atom. The van der Waals surface area contributed by atoms with Gasteiger partial charge in [0.1, 0.15) is 0 Å². The molecule has 2 aliphatic heterocycles. The first kappa shape index (κ1) is 17.3. The lowest BCUT2D eigenvalue weighted by molar-refractivity contribution is -0.128. The van der Waals surface area contributed by atoms with Crippen molar-refractivity contribution in [2.24, 2.45) is 0 Å². The van der Waals surface area contributed by atoms with Gasteiger partial charge in [-0.05, 0) is 43.7 Å². The fraction of sp³-hybridized carbons (Fsp3) is 0.286. The molecule has 2 heterocycles. The van der Waals surface area contributed by atoms with Gasteiger partial charge in [-0.3, -0.25) is 19.3 Å². The average Bonchev–Trinajstić information content (AvgIpc) is 3.01. The van der Waals surface area contributed by atoms with Crippen molar-refractivity contribution in [3.8, 4) is 0 Å². The summed E-state index contributed by atoms with van der Waals surface area (Å²) in [6, 6.07) is 14.5. The number of benzene rings is 2. The fourth-order valence-corrected chi connectivity index (χ4v) is 4.16. The van der Waals surface area contributed by atoms with Crippen LogP contribution in [0.15, 0.2) is 48.5 Å². The van der Waals surface area contributed by atoms with Crippen LogP contribution in [0.25, 0.3) is 0 Å². The lowest BCUT2D eigenvalue weighted by atomic mass is 9.95. The van der Waals surface area contributed by atoms with Gasteiger partial charge in [-0.15, -0.1) is 0 Å². The number of carbonyl (C=O) groups is 3. The third-order valence-electron chi connectivity index (χ3n) is 5.33. The maximum atomic E-state index is 13.5. The number of hydrogen-bond donors (Lipinski definition) is 1. The zero-order valence-corrected chi connectivity index (χ0v) is 15.4. The molecule has 0 bridgehead atoms. The minimum atomic E-state index is -1.33. The van der Waals surface area contributed by atoms with E-state index < -0.39 is 5.66 Å². The number of hydrogen-bond acceptors (Lipinski definition) is 3. The highest BCUT2D eigenvalue weighted by Crippen LogP contribution is 2.44. The Bertz CT molecular complexity index is 955. The van der Waals surface area contributed by atoms with Crippen molar-refractivity contribution in [3.63, 3.8) is 0 Å². The zero-order valence-electron chi connectivity index (χ0n) is 15.4. The van der Waals surface area contributed by atoms with Crippen molar-refractivity contribution in [3.05, 3.63) is 59.7 Å². The minimum Gasteiger partial charge on any atom is -0.322 e. The summed E-state index contributed by atoms with van der Waals surface area (Å²) in [5, 5.41) is 2.92. The number of amides is 3. The first-order valence-electron chi connectivity index (χ1n) is 9.11. The molecule has 1 saturated heterocycles. The summed E-state index contributed by atoms with van der Waals surface area (Å²) in [6.07, 6.45) is 0.497. The SMILES string of the molecule is CCN1C(=O)c2ccccc2N2C(=O)CC[C@@]12C(=O)Nc1cccc(C)c1. The van der Waals surface area contributed by atoms with Crippen LogP contribution in [0.4, 0.5) is 11.4 Å². The van der Waals surface area contributed by atoms with E-state index in [1.165, 1.54) is 9.80 Å². The molecule has 1 N–H and O–H groups in total. The Labute approximate surface area is 157 Å². The van der Waals surface area contributed by atoms with Gasteiger partial charge in [0.15, 0.2) is 0 Å². The molecule has 1 fully saturated rings. The Kier molecular flexibility index (Phi) is 3.98. The number of nitrogens with zero attached hydrogens (tertiary/aromatic N) is 2. The first-order valence-corrected chi connectivity index (χ1v) is 9.11. The molecule has 2 aromatic rings. The summed E-state index contributed by atoms with van der Waals surface area (Å²) in [5.41, 5.74) is 1.29. The van der Waals surface area contributed by atoms with Gasteiger partial charge in [-0.2, -0.15) is 0 Å². The summed E-state index contributed by atoms with van der Waals surface area (Å²) in [7, 11) is 0. The van der Waals surface area contributed by atoms with Crippen LogP contribution in [0.1, 0.15) is 35.7 Å². The second-order valence-electron chi connectivity index (χ2n) is 6.94. The van der Waals surface area contributed by atoms with Crippen LogP contribution >= 0.6 is 0 Å². The Morgan fingerprint density at radius 1 is 1.15 bits per heavy atom. The fourth-order valence-electron chi connectivity index (χ4n) is 4.16. The average molecular weight is 363 g/mol. The van der Waals surface area contributed by atoms with E-state index in [4.69, 9.17) is 0 Å². The topological polar surface area (TPSA) is 69.7 Å². The van der Waals surface area contributed by atoms with Crippen LogP contribution < -0.4 is 10.2 Å². The predicted octanol–water partition coefficient (Wildman–Crippen LogP) is 2.93. The van der Waals surface area contributed by atoms with Crippen LogP contribution in [0.3, 0.4) is 0 Å². The molecule has 1 atom stereocenters. The van der Waals surface area contributed by atoms with Crippen LogP contribution in [-0.2, 0) is 9.59 Å². The van der Waals surface area contributed by atoms with Gasteiger partial charge in [0.05, 0.1) is 11.3 Å². The molecular formula is C21H21N3O3. The summed E-state index contributed by atoms with van der Waals surface area (Å²) < 4.78 is 0. The standard InChI is InChI=1S/C21H21N3O3/c1-3-23-19(26)16-9-4-5-10-17(16)24-18(25)11-12-21(23,24)20(27)22-15-8-6-7-14(2)13-15/h4-10,13H,3,11-12H2,1-2H3,(H,22,27)/t21-/m1/s1. The van der Waals surface area contributed by atoms with E-state index in [0.29, 0.717) is 23.5 Å². The van der Waals surface area contributed by atoms with Gasteiger partial charge in [0.2, 0.25) is 11.6 Å². The molecule has 2 aliphatic rings. The highest BCUT2D eigenvalue weighted by Gasteiger charge is 2.60. The molecule has 27 heavy (non-hydrogen) atoms. The van der Waals surface area contributed by atoms with E-state index in [0.717, 1.165) is 5.56 Å². The van der Waals surface area contributed by atoms with Crippen LogP contribution in [0, 0.1) is 6.92 Å². The Morgan fingerprint density at radius 3 is 2.67 bits per heavy atom. The van der Waals surface area contributed by atoms with Gasteiger partial charge in [0.25, 0.3) is 11.8 Å². The number of para-hydroxylation sites is 1. The van der Waals surface area contributed by atoms with Crippen LogP contribution in [0.2, 0.25) is 0 Å². The number of fused-ring (bicyclic) bond motifs is 3. The van der Waals surface area contributed by atoms with Gasteiger partial charge < -0.3 is 10.2 Å². The quantitative estimate of drug-likeness (QED) is 0.912. The van der Waals surface area contributed by atoms with Gasteiger partial charge in [-0.1, -0.05) is 24.3 Å². The molecule has 0 spiro atoms. The summed E-state index contributed by atoms with van der Waals surface area (Å²) in [6.45, 7) is 4.10. The summed E-state index contributed by atoms with van der Waals surface area (Å²) >= 11 is 0. The smallest absolute Gasteiger partial charge is 0.271 e. The lowest BCUT2D eigenvalue weighted by Crippen LogP contribution is -2.69. The molecule has 2 aromatic carbocycles. The van der Waals surface area contributed by atoms with Crippen molar-refractivity contribution in [2.75, 3.05) is 16.8 Å². The van der Waals surface area contributed by atoms with Crippen LogP contribution in [0.5, 0.6) is 0 Å². The van der Waals surface area contributed by atoms with E-state index in [1.807, 2.05) is 32.0 Å². The maximum absolute atomic E-state index is 13.5. The van der Waals surface area contributed by atoms with E-state index in [2.05, 4.69) is 5.32 Å². The number of likely N-dealkylation sites (N-methyl/N-ethyl adjacent to an activating group) is 1. The van der Waals surface area contributed by atoms with E-state index in [-0.39, 0.29) is 30.6 Å². The predicted molar refractivity (Wildman–Crippen MR) is 102 cm³/mol. The van der Waals surface area contributed by atoms with Crippen molar-refractivity contribution in [1.29, 1.82) is 0 Å². The number of carbonyl (C=O) groups excluding carboxylic acids is 3. The van der Waals surface area contributed by atoms with Gasteiger partial charge in [0, 0.05) is 25.1 Å². The monoisotopic (exact) mass is 363 g/mol. The molecular weight excluding hydrogens is 342 g/mol. The summed E-state index contributed by atoms with van der Waals surface area (Å²) in [5.74, 6) is -0.727. The number of rotatable bonds is 3. The van der Waals surface area contributed by atoms with Crippen molar-refractivity contribution in [2.45, 2.75) is 32.4 Å². The number of aryl methyl sites for hydroxylation is 1. The molecule has 0 unspecified atom stereocenters. The molecule has 0 aromatic heterocycles. The summed E-state index contributed by atoms with van der Waals surface area (Å²) in [4.78, 5) is 42.4. The molecule has 0 aliphatic carbocycles. The number of anilines is 2. The highest BCUT2D eigenvalue weighted by atomic mass is 16.2. The van der Waals surface area contributed by atoms with Crippen molar-refractivity contribution in [1.82, 2.24) is 4.90 Å². The Balaban J connectivity index is 1.84. The Hall–Kier alpha value is -3.15.